The van der Waals surface area contributed by atoms with Crippen molar-refractivity contribution in [2.75, 3.05) is 0 Å². The fourth-order valence-electron chi connectivity index (χ4n) is 3.94. The van der Waals surface area contributed by atoms with Crippen LogP contribution in [0.4, 0.5) is 0 Å². The Morgan fingerprint density at radius 1 is 1.00 bits per heavy atom. The second-order valence-corrected chi connectivity index (χ2v) is 12.5. The molecular weight excluding hydrogens is 340 g/mol. The van der Waals surface area contributed by atoms with E-state index in [1.54, 1.807) is 0 Å². The fourth-order valence-corrected chi connectivity index (χ4v) is 4.88. The highest BCUT2D eigenvalue weighted by Crippen LogP contribution is 2.45. The molecule has 0 saturated carbocycles. The number of para-hydroxylation sites is 1. The Morgan fingerprint density at radius 3 is 2.42 bits per heavy atom. The lowest BCUT2D eigenvalue weighted by atomic mass is 9.72. The van der Waals surface area contributed by atoms with Gasteiger partial charge >= 0.3 is 0 Å². The molecule has 3 nitrogen and oxygen atoms in total. The van der Waals surface area contributed by atoms with Crippen LogP contribution in [0.3, 0.4) is 0 Å². The highest BCUT2D eigenvalue weighted by molar-refractivity contribution is 6.70. The van der Waals surface area contributed by atoms with Crippen LogP contribution in [0.25, 0.3) is 0 Å². The van der Waals surface area contributed by atoms with Crippen molar-refractivity contribution in [1.29, 1.82) is 0 Å². The number of rotatable bonds is 3. The van der Waals surface area contributed by atoms with Crippen molar-refractivity contribution in [3.8, 4) is 5.75 Å². The largest absolute Gasteiger partial charge is 0.547 e. The standard InChI is InChI=1S/C22H24O3Si/c1-26(2,3)25-16-13-18(15-9-5-4-6-10-15)21-20(14-16)24-19-12-8-7-11-17(19)22(21)23/h4-13,18,20-21H,14H2,1-3H3/t18?,20-,21+/m0/s1. The summed E-state index contributed by atoms with van der Waals surface area (Å²) in [6.07, 6.45) is 2.63. The predicted molar refractivity (Wildman–Crippen MR) is 105 cm³/mol. The van der Waals surface area contributed by atoms with Gasteiger partial charge in [0.25, 0.3) is 0 Å². The summed E-state index contributed by atoms with van der Waals surface area (Å²) in [5.74, 6) is 1.60. The molecule has 26 heavy (non-hydrogen) atoms. The summed E-state index contributed by atoms with van der Waals surface area (Å²) in [7, 11) is -1.73. The van der Waals surface area contributed by atoms with Crippen molar-refractivity contribution < 1.29 is 14.0 Å². The zero-order valence-corrected chi connectivity index (χ0v) is 16.4. The molecule has 4 heteroatoms. The highest BCUT2D eigenvalue weighted by atomic mass is 28.4. The number of ketones is 1. The number of allylic oxidation sites excluding steroid dienone is 1. The molecule has 0 spiro atoms. The molecule has 0 bridgehead atoms. The first-order valence-electron chi connectivity index (χ1n) is 9.17. The molecule has 3 atom stereocenters. The molecule has 2 aromatic rings. The molecule has 1 heterocycles. The van der Waals surface area contributed by atoms with Crippen molar-refractivity contribution in [2.45, 2.75) is 38.1 Å². The normalized spacial score (nSPS) is 24.8. The fraction of sp³-hybridized carbons (Fsp3) is 0.318. The zero-order valence-electron chi connectivity index (χ0n) is 15.4. The monoisotopic (exact) mass is 364 g/mol. The first kappa shape index (κ1) is 17.1. The SMILES string of the molecule is C[Si](C)(C)OC1=CC(c2ccccc2)[C@H]2C(=O)c3ccccc3O[C@H]2C1. The van der Waals surface area contributed by atoms with Gasteiger partial charge in [-0.25, -0.2) is 0 Å². The summed E-state index contributed by atoms with van der Waals surface area (Å²) < 4.78 is 12.6. The number of hydrogen-bond donors (Lipinski definition) is 0. The average molecular weight is 365 g/mol. The summed E-state index contributed by atoms with van der Waals surface area (Å²) in [4.78, 5) is 13.3. The van der Waals surface area contributed by atoms with Crippen molar-refractivity contribution in [1.82, 2.24) is 0 Å². The summed E-state index contributed by atoms with van der Waals surface area (Å²) in [5.41, 5.74) is 1.83. The number of fused-ring (bicyclic) bond motifs is 2. The van der Waals surface area contributed by atoms with Crippen LogP contribution < -0.4 is 4.74 Å². The Labute approximate surface area is 155 Å². The van der Waals surface area contributed by atoms with E-state index < -0.39 is 8.32 Å². The molecule has 0 aromatic heterocycles. The third kappa shape index (κ3) is 3.21. The summed E-state index contributed by atoms with van der Waals surface area (Å²) in [5, 5.41) is 0. The molecule has 0 N–H and O–H groups in total. The average Bonchev–Trinajstić information content (AvgIpc) is 2.60. The van der Waals surface area contributed by atoms with E-state index in [9.17, 15) is 4.79 Å². The Kier molecular flexibility index (Phi) is 4.23. The lowest BCUT2D eigenvalue weighted by Crippen LogP contribution is -2.44. The van der Waals surface area contributed by atoms with E-state index in [4.69, 9.17) is 9.16 Å². The first-order valence-corrected chi connectivity index (χ1v) is 12.6. The van der Waals surface area contributed by atoms with Gasteiger partial charge in [-0.3, -0.25) is 4.79 Å². The number of carbonyl (C=O) groups is 1. The highest BCUT2D eigenvalue weighted by Gasteiger charge is 2.45. The maximum atomic E-state index is 13.3. The topological polar surface area (TPSA) is 35.5 Å². The van der Waals surface area contributed by atoms with E-state index in [1.807, 2.05) is 42.5 Å². The molecule has 1 unspecified atom stereocenters. The number of Topliss-reactive ketones (excluding diaryl/α,β-unsaturated/α-hetero) is 1. The summed E-state index contributed by atoms with van der Waals surface area (Å²) in [6.45, 7) is 6.54. The van der Waals surface area contributed by atoms with Crippen molar-refractivity contribution in [3.05, 3.63) is 77.6 Å². The summed E-state index contributed by atoms with van der Waals surface area (Å²) >= 11 is 0. The van der Waals surface area contributed by atoms with Crippen molar-refractivity contribution >= 4 is 14.1 Å². The third-order valence-corrected chi connectivity index (χ3v) is 5.79. The maximum Gasteiger partial charge on any atom is 0.241 e. The summed E-state index contributed by atoms with van der Waals surface area (Å²) in [6, 6.07) is 17.8. The number of carbonyl (C=O) groups excluding carboxylic acids is 1. The van der Waals surface area contributed by atoms with Gasteiger partial charge in [-0.05, 0) is 43.4 Å². The van der Waals surface area contributed by atoms with Gasteiger partial charge in [0.05, 0.1) is 17.2 Å². The Balaban J connectivity index is 1.78. The number of ether oxygens (including phenoxy) is 1. The molecule has 2 aliphatic rings. The van der Waals surface area contributed by atoms with E-state index in [0.717, 1.165) is 11.3 Å². The van der Waals surface area contributed by atoms with Crippen LogP contribution in [-0.4, -0.2) is 20.2 Å². The molecule has 1 aliphatic carbocycles. The molecule has 0 radical (unpaired) electrons. The van der Waals surface area contributed by atoms with Crippen LogP contribution >= 0.6 is 0 Å². The Hall–Kier alpha value is -2.33. The van der Waals surface area contributed by atoms with Gasteiger partial charge < -0.3 is 9.16 Å². The van der Waals surface area contributed by atoms with E-state index in [-0.39, 0.29) is 23.7 Å². The van der Waals surface area contributed by atoms with E-state index in [1.165, 1.54) is 0 Å². The van der Waals surface area contributed by atoms with Crippen molar-refractivity contribution in [3.63, 3.8) is 0 Å². The Bertz CT molecular complexity index is 851. The van der Waals surface area contributed by atoms with Gasteiger partial charge in [-0.2, -0.15) is 0 Å². The molecule has 2 aromatic carbocycles. The van der Waals surface area contributed by atoms with E-state index in [0.29, 0.717) is 17.7 Å². The van der Waals surface area contributed by atoms with Gasteiger partial charge in [0.2, 0.25) is 8.32 Å². The Morgan fingerprint density at radius 2 is 1.69 bits per heavy atom. The molecule has 4 rings (SSSR count). The molecule has 0 amide bonds. The lowest BCUT2D eigenvalue weighted by molar-refractivity contribution is 0.0564. The molecule has 0 saturated heterocycles. The second-order valence-electron chi connectivity index (χ2n) is 8.03. The van der Waals surface area contributed by atoms with Crippen LogP contribution in [0.2, 0.25) is 19.6 Å². The van der Waals surface area contributed by atoms with Crippen LogP contribution in [0.1, 0.15) is 28.3 Å². The predicted octanol–water partition coefficient (Wildman–Crippen LogP) is 5.17. The number of hydrogen-bond acceptors (Lipinski definition) is 3. The quantitative estimate of drug-likeness (QED) is 0.705. The minimum Gasteiger partial charge on any atom is -0.547 e. The minimum absolute atomic E-state index is 0.0258. The van der Waals surface area contributed by atoms with Crippen molar-refractivity contribution in [2.24, 2.45) is 5.92 Å². The lowest BCUT2D eigenvalue weighted by Gasteiger charge is -2.41. The smallest absolute Gasteiger partial charge is 0.241 e. The van der Waals surface area contributed by atoms with Gasteiger partial charge in [-0.1, -0.05) is 42.5 Å². The van der Waals surface area contributed by atoms with E-state index in [2.05, 4.69) is 37.8 Å². The van der Waals surface area contributed by atoms with Crippen LogP contribution in [0.5, 0.6) is 5.75 Å². The molecular formula is C22H24O3Si. The second kappa shape index (κ2) is 6.43. The van der Waals surface area contributed by atoms with Crippen LogP contribution in [-0.2, 0) is 4.43 Å². The maximum absolute atomic E-state index is 13.3. The first-order chi connectivity index (χ1) is 12.4. The molecule has 134 valence electrons. The molecule has 1 aliphatic heterocycles. The van der Waals surface area contributed by atoms with Gasteiger partial charge in [0, 0.05) is 12.3 Å². The van der Waals surface area contributed by atoms with Gasteiger partial charge in [0.15, 0.2) is 5.78 Å². The van der Waals surface area contributed by atoms with Crippen LogP contribution in [0, 0.1) is 5.92 Å². The van der Waals surface area contributed by atoms with Gasteiger partial charge in [-0.15, -0.1) is 0 Å². The van der Waals surface area contributed by atoms with Gasteiger partial charge in [0.1, 0.15) is 11.9 Å². The van der Waals surface area contributed by atoms with E-state index >= 15 is 0 Å². The minimum atomic E-state index is -1.73. The zero-order chi connectivity index (χ0) is 18.3. The van der Waals surface area contributed by atoms with Crippen LogP contribution in [0.15, 0.2) is 66.4 Å². The number of benzene rings is 2. The third-order valence-electron chi connectivity index (χ3n) is 4.91. The molecule has 0 fully saturated rings.